The van der Waals surface area contributed by atoms with Gasteiger partial charge in [-0.15, -0.1) is 0 Å². The summed E-state index contributed by atoms with van der Waals surface area (Å²) >= 11 is 4.16. The monoisotopic (exact) mass is 271 g/mol. The number of aliphatic imine (C=N–C) groups is 1. The lowest BCUT2D eigenvalue weighted by molar-refractivity contribution is -0.162. The highest BCUT2D eigenvalue weighted by Gasteiger charge is 2.43. The molecule has 0 fully saturated rings. The number of hydrogen-bond acceptors (Lipinski definition) is 2. The molecule has 8 heteroatoms. The van der Waals surface area contributed by atoms with Crippen LogP contribution in [0.25, 0.3) is 0 Å². The molecular weight excluding hydrogens is 268 g/mol. The van der Waals surface area contributed by atoms with Crippen LogP contribution in [0, 0.1) is 0 Å². The first-order chi connectivity index (χ1) is 7.66. The van der Waals surface area contributed by atoms with Crippen molar-refractivity contribution in [2.24, 2.45) is 4.99 Å². The molecular formula is C9H3F6NS. The van der Waals surface area contributed by atoms with Gasteiger partial charge in [0.2, 0.25) is 0 Å². The molecule has 0 atom stereocenters. The van der Waals surface area contributed by atoms with Gasteiger partial charge in [0.15, 0.2) is 0 Å². The maximum Gasteiger partial charge on any atom is 0.417 e. The van der Waals surface area contributed by atoms with Crippen LogP contribution in [0.3, 0.4) is 0 Å². The molecule has 0 saturated carbocycles. The Labute approximate surface area is 96.8 Å². The molecule has 0 aromatic heterocycles. The number of benzene rings is 1. The summed E-state index contributed by atoms with van der Waals surface area (Å²) in [6.45, 7) is 0. The van der Waals surface area contributed by atoms with Gasteiger partial charge in [-0.05, 0) is 30.4 Å². The minimum absolute atomic E-state index is 0.280. The number of rotatable bonds is 1. The number of nitrogens with zero attached hydrogens (tertiary/aromatic N) is 1. The van der Waals surface area contributed by atoms with Crippen LogP contribution < -0.4 is 0 Å². The quantitative estimate of drug-likeness (QED) is 0.417. The van der Waals surface area contributed by atoms with Gasteiger partial charge in [-0.1, -0.05) is 0 Å². The Morgan fingerprint density at radius 1 is 0.941 bits per heavy atom. The first kappa shape index (κ1) is 13.7. The third-order valence-electron chi connectivity index (χ3n) is 1.79. The van der Waals surface area contributed by atoms with Crippen molar-refractivity contribution >= 4 is 23.1 Å². The summed E-state index contributed by atoms with van der Waals surface area (Å²) in [5.74, 6) is 0. The first-order valence-corrected chi connectivity index (χ1v) is 4.43. The van der Waals surface area contributed by atoms with E-state index in [0.717, 1.165) is 6.07 Å². The van der Waals surface area contributed by atoms with Gasteiger partial charge in [0, 0.05) is 0 Å². The SMILES string of the molecule is FC(F)(F)c1ccc(N=C=S)cc1C(F)(F)F. The van der Waals surface area contributed by atoms with E-state index in [1.165, 1.54) is 0 Å². The van der Waals surface area contributed by atoms with Crippen LogP contribution in [0.15, 0.2) is 23.2 Å². The molecule has 0 heterocycles. The molecule has 0 spiro atoms. The van der Waals surface area contributed by atoms with E-state index in [2.05, 4.69) is 17.2 Å². The molecule has 0 aliphatic heterocycles. The molecule has 1 aromatic rings. The van der Waals surface area contributed by atoms with Crippen molar-refractivity contribution in [2.75, 3.05) is 0 Å². The molecule has 1 rings (SSSR count). The molecule has 0 bridgehead atoms. The summed E-state index contributed by atoms with van der Waals surface area (Å²) in [7, 11) is 0. The number of thiocarbonyl (C=S) groups is 1. The van der Waals surface area contributed by atoms with Crippen molar-refractivity contribution in [2.45, 2.75) is 12.4 Å². The third kappa shape index (κ3) is 3.28. The maximum absolute atomic E-state index is 12.4. The lowest BCUT2D eigenvalue weighted by Gasteiger charge is -2.15. The second-order valence-electron chi connectivity index (χ2n) is 2.93. The Morgan fingerprint density at radius 3 is 1.88 bits per heavy atom. The largest absolute Gasteiger partial charge is 0.417 e. The lowest BCUT2D eigenvalue weighted by Crippen LogP contribution is -2.16. The van der Waals surface area contributed by atoms with E-state index in [1.807, 2.05) is 0 Å². The topological polar surface area (TPSA) is 12.4 Å². The van der Waals surface area contributed by atoms with Gasteiger partial charge >= 0.3 is 12.4 Å². The van der Waals surface area contributed by atoms with Crippen LogP contribution in [-0.2, 0) is 12.4 Å². The minimum Gasteiger partial charge on any atom is -0.195 e. The Kier molecular flexibility index (Phi) is 3.59. The zero-order valence-electron chi connectivity index (χ0n) is 7.86. The summed E-state index contributed by atoms with van der Waals surface area (Å²) < 4.78 is 74.2. The van der Waals surface area contributed by atoms with Crippen molar-refractivity contribution in [1.82, 2.24) is 0 Å². The van der Waals surface area contributed by atoms with Crippen LogP contribution in [0.1, 0.15) is 11.1 Å². The van der Waals surface area contributed by atoms with E-state index in [-0.39, 0.29) is 11.8 Å². The number of alkyl halides is 6. The molecule has 0 unspecified atom stereocenters. The Balaban J connectivity index is 3.48. The molecule has 17 heavy (non-hydrogen) atoms. The Bertz CT molecular complexity index is 469. The zero-order chi connectivity index (χ0) is 13.3. The van der Waals surface area contributed by atoms with E-state index in [0.29, 0.717) is 6.07 Å². The van der Waals surface area contributed by atoms with Gasteiger partial charge in [-0.2, -0.15) is 31.3 Å². The second kappa shape index (κ2) is 4.46. The number of hydrogen-bond donors (Lipinski definition) is 0. The fourth-order valence-electron chi connectivity index (χ4n) is 1.14. The molecule has 92 valence electrons. The summed E-state index contributed by atoms with van der Waals surface area (Å²) in [5, 5.41) is 1.78. The van der Waals surface area contributed by atoms with Crippen molar-refractivity contribution in [3.8, 4) is 0 Å². The standard InChI is InChI=1S/C9H3F6NS/c10-8(11,12)6-2-1-5(16-4-17)3-7(6)9(13,14)15/h1-3H. The van der Waals surface area contributed by atoms with Crippen molar-refractivity contribution in [1.29, 1.82) is 0 Å². The van der Waals surface area contributed by atoms with Gasteiger partial charge in [-0.3, -0.25) is 0 Å². The smallest absolute Gasteiger partial charge is 0.195 e. The van der Waals surface area contributed by atoms with Crippen LogP contribution >= 0.6 is 12.2 Å². The van der Waals surface area contributed by atoms with E-state index in [9.17, 15) is 26.3 Å². The van der Waals surface area contributed by atoms with Crippen molar-refractivity contribution in [3.63, 3.8) is 0 Å². The lowest BCUT2D eigenvalue weighted by atomic mass is 10.1. The van der Waals surface area contributed by atoms with Crippen LogP contribution in [0.5, 0.6) is 0 Å². The first-order valence-electron chi connectivity index (χ1n) is 4.02. The van der Waals surface area contributed by atoms with E-state index < -0.39 is 23.5 Å². The van der Waals surface area contributed by atoms with Crippen LogP contribution in [-0.4, -0.2) is 5.16 Å². The predicted octanol–water partition coefficient (Wildman–Crippen LogP) is 4.46. The van der Waals surface area contributed by atoms with Crippen LogP contribution in [0.2, 0.25) is 0 Å². The highest BCUT2D eigenvalue weighted by atomic mass is 32.1. The highest BCUT2D eigenvalue weighted by molar-refractivity contribution is 7.78. The predicted molar refractivity (Wildman–Crippen MR) is 51.1 cm³/mol. The summed E-state index contributed by atoms with van der Waals surface area (Å²) in [6, 6.07) is 1.38. The van der Waals surface area contributed by atoms with Crippen LogP contribution in [0.4, 0.5) is 32.0 Å². The van der Waals surface area contributed by atoms with Crippen molar-refractivity contribution in [3.05, 3.63) is 29.3 Å². The van der Waals surface area contributed by atoms with Gasteiger partial charge in [0.25, 0.3) is 0 Å². The molecule has 0 radical (unpaired) electrons. The fourth-order valence-corrected chi connectivity index (χ4v) is 1.24. The average molecular weight is 271 g/mol. The number of halogens is 6. The van der Waals surface area contributed by atoms with E-state index in [1.54, 1.807) is 5.16 Å². The van der Waals surface area contributed by atoms with E-state index in [4.69, 9.17) is 0 Å². The minimum atomic E-state index is -5.11. The molecule has 0 N–H and O–H groups in total. The third-order valence-corrected chi connectivity index (χ3v) is 1.88. The second-order valence-corrected chi connectivity index (χ2v) is 3.11. The van der Waals surface area contributed by atoms with Gasteiger partial charge in [0.05, 0.1) is 22.0 Å². The van der Waals surface area contributed by atoms with Crippen molar-refractivity contribution < 1.29 is 26.3 Å². The summed E-state index contributed by atoms with van der Waals surface area (Å²) in [5.41, 5.74) is -3.88. The molecule has 0 saturated heterocycles. The number of isothiocyanates is 1. The summed E-state index contributed by atoms with van der Waals surface area (Å²) in [4.78, 5) is 3.20. The van der Waals surface area contributed by atoms with E-state index >= 15 is 0 Å². The van der Waals surface area contributed by atoms with Gasteiger partial charge in [0.1, 0.15) is 0 Å². The normalized spacial score (nSPS) is 12.1. The molecule has 1 aromatic carbocycles. The Morgan fingerprint density at radius 2 is 1.47 bits per heavy atom. The molecule has 0 aliphatic rings. The fraction of sp³-hybridized carbons (Fsp3) is 0.222. The maximum atomic E-state index is 12.4. The van der Waals surface area contributed by atoms with Gasteiger partial charge in [-0.25, -0.2) is 0 Å². The zero-order valence-corrected chi connectivity index (χ0v) is 8.67. The van der Waals surface area contributed by atoms with Gasteiger partial charge < -0.3 is 0 Å². The molecule has 0 amide bonds. The average Bonchev–Trinajstić information content (AvgIpc) is 2.15. The Hall–Kier alpha value is -1.40. The summed E-state index contributed by atoms with van der Waals surface area (Å²) in [6.07, 6.45) is -10.2. The molecule has 1 nitrogen and oxygen atoms in total. The highest BCUT2D eigenvalue weighted by Crippen LogP contribution is 2.41. The molecule has 0 aliphatic carbocycles.